The van der Waals surface area contributed by atoms with Gasteiger partial charge in [-0.05, 0) is 19.1 Å². The van der Waals surface area contributed by atoms with Crippen LogP contribution in [0.1, 0.15) is 12.5 Å². The largest absolute Gasteiger partial charge is 0.451 e. The van der Waals surface area contributed by atoms with Crippen molar-refractivity contribution in [2.45, 2.75) is 25.7 Å². The Labute approximate surface area is 171 Å². The second kappa shape index (κ2) is 8.95. The maximum atomic E-state index is 12.7. The van der Waals surface area contributed by atoms with Crippen LogP contribution in [0, 0.1) is 10.1 Å². The zero-order chi connectivity index (χ0) is 22.6. The highest BCUT2D eigenvalue weighted by Crippen LogP contribution is 2.28. The summed E-state index contributed by atoms with van der Waals surface area (Å²) in [4.78, 5) is 45.8. The molecule has 0 fully saturated rings. The Kier molecular flexibility index (Phi) is 6.82. The van der Waals surface area contributed by atoms with Crippen molar-refractivity contribution in [1.82, 2.24) is 4.57 Å². The van der Waals surface area contributed by atoms with Gasteiger partial charge in [0.1, 0.15) is 6.54 Å². The minimum absolute atomic E-state index is 0.0111. The maximum Gasteiger partial charge on any atom is 0.417 e. The number of ether oxygens (including phenoxy) is 1. The van der Waals surface area contributed by atoms with Crippen molar-refractivity contribution in [3.05, 3.63) is 67.6 Å². The van der Waals surface area contributed by atoms with Crippen molar-refractivity contribution in [3.63, 3.8) is 0 Å². The molecule has 0 saturated heterocycles. The van der Waals surface area contributed by atoms with Crippen molar-refractivity contribution in [2.75, 3.05) is 5.32 Å². The molecule has 1 atom stereocenters. The molecule has 0 radical (unpaired) electrons. The van der Waals surface area contributed by atoms with Gasteiger partial charge in [0.15, 0.2) is 6.10 Å². The average Bonchev–Trinajstić information content (AvgIpc) is 2.64. The number of amides is 1. The molecule has 13 heteroatoms. The fraction of sp³-hybridized carbons (Fsp3) is 0.235. The number of esters is 1. The smallest absolute Gasteiger partial charge is 0.417 e. The summed E-state index contributed by atoms with van der Waals surface area (Å²) in [5.41, 5.74) is -2.46. The minimum Gasteiger partial charge on any atom is -0.451 e. The molecule has 2 aromatic rings. The molecule has 30 heavy (non-hydrogen) atoms. The number of nitrogens with zero attached hydrogens (tertiary/aromatic N) is 2. The molecule has 1 N–H and O–H groups in total. The van der Waals surface area contributed by atoms with E-state index in [0.29, 0.717) is 22.9 Å². The molecule has 9 nitrogen and oxygen atoms in total. The van der Waals surface area contributed by atoms with Gasteiger partial charge in [0, 0.05) is 24.4 Å². The molecule has 1 amide bonds. The standard InChI is InChI=1S/C17H13ClF3N3O6/c1-9(16(27)22-13-6-11(24(28)29)3-4-12(13)18)30-15(26)8-23-7-10(17(19,20)21)2-5-14(23)25/h2-7,9H,8H2,1H3,(H,22,27). The average molecular weight is 448 g/mol. The molecule has 1 unspecified atom stereocenters. The summed E-state index contributed by atoms with van der Waals surface area (Å²) >= 11 is 5.86. The number of alkyl halides is 3. The lowest BCUT2D eigenvalue weighted by Gasteiger charge is -2.15. The van der Waals surface area contributed by atoms with Gasteiger partial charge in [0.2, 0.25) is 0 Å². The fourth-order valence-electron chi connectivity index (χ4n) is 2.21. The third-order valence-corrected chi connectivity index (χ3v) is 4.04. The molecule has 0 aliphatic rings. The van der Waals surface area contributed by atoms with Crippen LogP contribution in [-0.2, 0) is 27.0 Å². The molecule has 1 aromatic heterocycles. The van der Waals surface area contributed by atoms with Gasteiger partial charge in [-0.15, -0.1) is 0 Å². The summed E-state index contributed by atoms with van der Waals surface area (Å²) in [6.07, 6.45) is -5.70. The Morgan fingerprint density at radius 1 is 1.30 bits per heavy atom. The van der Waals surface area contributed by atoms with Crippen LogP contribution in [-0.4, -0.2) is 27.5 Å². The monoisotopic (exact) mass is 447 g/mol. The van der Waals surface area contributed by atoms with Crippen LogP contribution in [0.5, 0.6) is 0 Å². The molecule has 0 spiro atoms. The summed E-state index contributed by atoms with van der Waals surface area (Å²) in [5, 5.41) is 13.0. The van der Waals surface area contributed by atoms with Crippen molar-refractivity contribution in [1.29, 1.82) is 0 Å². The lowest BCUT2D eigenvalue weighted by molar-refractivity contribution is -0.384. The second-order valence-electron chi connectivity index (χ2n) is 5.92. The third kappa shape index (κ3) is 5.80. The van der Waals surface area contributed by atoms with Crippen LogP contribution in [0.15, 0.2) is 41.3 Å². The fourth-order valence-corrected chi connectivity index (χ4v) is 2.37. The minimum atomic E-state index is -4.72. The zero-order valence-electron chi connectivity index (χ0n) is 15.1. The third-order valence-electron chi connectivity index (χ3n) is 3.71. The van der Waals surface area contributed by atoms with Gasteiger partial charge in [0.25, 0.3) is 17.2 Å². The predicted molar refractivity (Wildman–Crippen MR) is 98.0 cm³/mol. The van der Waals surface area contributed by atoms with Crippen molar-refractivity contribution >= 4 is 34.9 Å². The predicted octanol–water partition coefficient (Wildman–Crippen LogP) is 3.00. The summed E-state index contributed by atoms with van der Waals surface area (Å²) in [7, 11) is 0. The van der Waals surface area contributed by atoms with E-state index >= 15 is 0 Å². The number of hydrogen-bond donors (Lipinski definition) is 1. The van der Waals surface area contributed by atoms with E-state index in [9.17, 15) is 37.7 Å². The van der Waals surface area contributed by atoms with Gasteiger partial charge in [-0.3, -0.25) is 24.5 Å². The number of anilines is 1. The topological polar surface area (TPSA) is 121 Å². The number of hydrogen-bond acceptors (Lipinski definition) is 6. The molecule has 1 heterocycles. The SMILES string of the molecule is CC(OC(=O)Cn1cc(C(F)(F)F)ccc1=O)C(=O)Nc1cc([N+](=O)[O-])ccc1Cl. The van der Waals surface area contributed by atoms with Crippen molar-refractivity contribution in [3.8, 4) is 0 Å². The van der Waals surface area contributed by atoms with E-state index < -0.39 is 46.7 Å². The number of nitro groups is 1. The Morgan fingerprint density at radius 3 is 2.57 bits per heavy atom. The number of benzene rings is 1. The first-order valence-corrected chi connectivity index (χ1v) is 8.48. The summed E-state index contributed by atoms with van der Waals surface area (Å²) < 4.78 is 43.5. The van der Waals surface area contributed by atoms with Gasteiger partial charge in [-0.2, -0.15) is 13.2 Å². The number of aromatic nitrogens is 1. The van der Waals surface area contributed by atoms with Crippen LogP contribution in [0.3, 0.4) is 0 Å². The van der Waals surface area contributed by atoms with Crippen molar-refractivity contribution < 1.29 is 32.4 Å². The van der Waals surface area contributed by atoms with E-state index in [1.807, 2.05) is 0 Å². The van der Waals surface area contributed by atoms with Gasteiger partial charge < -0.3 is 14.6 Å². The maximum absolute atomic E-state index is 12.7. The number of pyridine rings is 1. The van der Waals surface area contributed by atoms with E-state index in [1.165, 1.54) is 6.07 Å². The Hall–Kier alpha value is -3.41. The Morgan fingerprint density at radius 2 is 1.97 bits per heavy atom. The van der Waals surface area contributed by atoms with E-state index in [-0.39, 0.29) is 16.4 Å². The van der Waals surface area contributed by atoms with Crippen LogP contribution in [0.4, 0.5) is 24.5 Å². The highest BCUT2D eigenvalue weighted by Gasteiger charge is 2.31. The highest BCUT2D eigenvalue weighted by molar-refractivity contribution is 6.33. The zero-order valence-corrected chi connectivity index (χ0v) is 15.9. The Bertz CT molecular complexity index is 1050. The number of nitro benzene ring substituents is 1. The first kappa shape index (κ1) is 22.9. The molecule has 2 rings (SSSR count). The van der Waals surface area contributed by atoms with E-state index in [1.54, 1.807) is 0 Å². The number of carbonyl (C=O) groups is 2. The van der Waals surface area contributed by atoms with Crippen molar-refractivity contribution in [2.24, 2.45) is 0 Å². The molecular formula is C17H13ClF3N3O6. The molecule has 0 saturated carbocycles. The van der Waals surface area contributed by atoms with Crippen LogP contribution in [0.25, 0.3) is 0 Å². The molecular weight excluding hydrogens is 435 g/mol. The molecule has 160 valence electrons. The normalized spacial score (nSPS) is 12.2. The van der Waals surface area contributed by atoms with Gasteiger partial charge in [0.05, 0.1) is 21.2 Å². The quantitative estimate of drug-likeness (QED) is 0.413. The summed E-state index contributed by atoms with van der Waals surface area (Å²) in [5.74, 6) is -2.05. The number of nitrogens with one attached hydrogen (secondary N) is 1. The lowest BCUT2D eigenvalue weighted by Crippen LogP contribution is -2.33. The first-order valence-electron chi connectivity index (χ1n) is 8.10. The summed E-state index contributed by atoms with van der Waals surface area (Å²) in [6, 6.07) is 4.52. The van der Waals surface area contributed by atoms with Crippen LogP contribution >= 0.6 is 11.6 Å². The van der Waals surface area contributed by atoms with E-state index in [4.69, 9.17) is 16.3 Å². The Balaban J connectivity index is 2.06. The first-order chi connectivity index (χ1) is 13.9. The van der Waals surface area contributed by atoms with E-state index in [0.717, 1.165) is 19.1 Å². The van der Waals surface area contributed by atoms with Gasteiger partial charge >= 0.3 is 12.1 Å². The van der Waals surface area contributed by atoms with Crippen LogP contribution < -0.4 is 10.9 Å². The molecule has 0 aliphatic carbocycles. The summed E-state index contributed by atoms with van der Waals surface area (Å²) in [6.45, 7) is 0.297. The number of non-ortho nitro benzene ring substituents is 1. The lowest BCUT2D eigenvalue weighted by atomic mass is 10.2. The number of halogens is 4. The van der Waals surface area contributed by atoms with E-state index in [2.05, 4.69) is 5.32 Å². The molecule has 0 aliphatic heterocycles. The van der Waals surface area contributed by atoms with Gasteiger partial charge in [-0.25, -0.2) is 0 Å². The molecule has 1 aromatic carbocycles. The number of rotatable bonds is 6. The number of carbonyl (C=O) groups excluding carboxylic acids is 2. The second-order valence-corrected chi connectivity index (χ2v) is 6.33. The van der Waals surface area contributed by atoms with Crippen LogP contribution in [0.2, 0.25) is 5.02 Å². The highest BCUT2D eigenvalue weighted by atomic mass is 35.5. The van der Waals surface area contributed by atoms with Gasteiger partial charge in [-0.1, -0.05) is 11.6 Å². The molecule has 0 bridgehead atoms.